The van der Waals surface area contributed by atoms with Crippen molar-refractivity contribution >= 4 is 0 Å². The van der Waals surface area contributed by atoms with Crippen molar-refractivity contribution in [2.75, 3.05) is 0 Å². The zero-order chi connectivity index (χ0) is 11.7. The smallest absolute Gasteiger partial charge is 0.248 e. The molecule has 0 radical (unpaired) electrons. The molecule has 1 N–H and O–H groups in total. The van der Waals surface area contributed by atoms with E-state index in [0.717, 1.165) is 6.07 Å². The Morgan fingerprint density at radius 3 is 2.62 bits per heavy atom. The van der Waals surface area contributed by atoms with Gasteiger partial charge in [-0.2, -0.15) is 0 Å². The van der Waals surface area contributed by atoms with E-state index in [0.29, 0.717) is 11.3 Å². The molecule has 0 saturated heterocycles. The first-order valence-corrected chi connectivity index (χ1v) is 4.73. The Balaban J connectivity index is 2.67. The SMILES string of the molecule is Cc1cc(-c2cccc(F)c2F)cc(=O)[nH]1. The van der Waals surface area contributed by atoms with Crippen LogP contribution < -0.4 is 5.56 Å². The van der Waals surface area contributed by atoms with Crippen LogP contribution in [0.25, 0.3) is 11.1 Å². The molecule has 82 valence electrons. The van der Waals surface area contributed by atoms with Gasteiger partial charge >= 0.3 is 0 Å². The highest BCUT2D eigenvalue weighted by molar-refractivity contribution is 5.64. The fourth-order valence-corrected chi connectivity index (χ4v) is 1.56. The van der Waals surface area contributed by atoms with Gasteiger partial charge < -0.3 is 4.98 Å². The Morgan fingerprint density at radius 1 is 1.19 bits per heavy atom. The topological polar surface area (TPSA) is 32.9 Å². The number of hydrogen-bond donors (Lipinski definition) is 1. The molecular formula is C12H9F2NO. The zero-order valence-corrected chi connectivity index (χ0v) is 8.55. The maximum Gasteiger partial charge on any atom is 0.248 e. The van der Waals surface area contributed by atoms with Gasteiger partial charge in [0.05, 0.1) is 0 Å². The van der Waals surface area contributed by atoms with Crippen LogP contribution in [0.15, 0.2) is 35.1 Å². The normalized spacial score (nSPS) is 10.4. The van der Waals surface area contributed by atoms with Gasteiger partial charge in [-0.15, -0.1) is 0 Å². The van der Waals surface area contributed by atoms with Crippen LogP contribution in [0.5, 0.6) is 0 Å². The highest BCUT2D eigenvalue weighted by Crippen LogP contribution is 2.23. The molecule has 1 heterocycles. The Labute approximate surface area is 90.6 Å². The maximum atomic E-state index is 13.5. The third-order valence-corrected chi connectivity index (χ3v) is 2.24. The molecule has 0 aliphatic heterocycles. The second-order valence-corrected chi connectivity index (χ2v) is 3.52. The van der Waals surface area contributed by atoms with Gasteiger partial charge in [0.1, 0.15) is 0 Å². The van der Waals surface area contributed by atoms with Crippen molar-refractivity contribution in [1.29, 1.82) is 0 Å². The summed E-state index contributed by atoms with van der Waals surface area (Å²) in [6.07, 6.45) is 0. The number of aryl methyl sites for hydroxylation is 1. The summed E-state index contributed by atoms with van der Waals surface area (Å²) in [6, 6.07) is 6.72. The minimum absolute atomic E-state index is 0.0919. The molecule has 0 amide bonds. The standard InChI is InChI=1S/C12H9F2NO/c1-7-5-8(6-11(16)15-7)9-3-2-4-10(13)12(9)14/h2-6H,1H3,(H,15,16). The Hall–Kier alpha value is -1.97. The third kappa shape index (κ3) is 1.86. The molecule has 1 aromatic carbocycles. The molecule has 2 aromatic rings. The number of halogens is 2. The molecule has 0 spiro atoms. The van der Waals surface area contributed by atoms with E-state index in [4.69, 9.17) is 0 Å². The predicted octanol–water partition coefficient (Wildman–Crippen LogP) is 2.63. The first kappa shape index (κ1) is 10.5. The Morgan fingerprint density at radius 2 is 1.94 bits per heavy atom. The van der Waals surface area contributed by atoms with E-state index in [9.17, 15) is 13.6 Å². The summed E-state index contributed by atoms with van der Waals surface area (Å²) in [5.74, 6) is -1.86. The number of aromatic amines is 1. The number of nitrogens with one attached hydrogen (secondary N) is 1. The van der Waals surface area contributed by atoms with Crippen molar-refractivity contribution in [1.82, 2.24) is 4.98 Å². The Bertz CT molecular complexity index is 590. The lowest BCUT2D eigenvalue weighted by Gasteiger charge is -2.04. The van der Waals surface area contributed by atoms with Gasteiger partial charge in [0.25, 0.3) is 0 Å². The van der Waals surface area contributed by atoms with Crippen LogP contribution in [-0.2, 0) is 0 Å². The second kappa shape index (κ2) is 3.89. The van der Waals surface area contributed by atoms with E-state index < -0.39 is 11.6 Å². The number of rotatable bonds is 1. The average molecular weight is 221 g/mol. The molecule has 0 aliphatic carbocycles. The van der Waals surface area contributed by atoms with Gasteiger partial charge in [-0.3, -0.25) is 4.79 Å². The number of hydrogen-bond acceptors (Lipinski definition) is 1. The van der Waals surface area contributed by atoms with Crippen LogP contribution in [0.2, 0.25) is 0 Å². The van der Waals surface area contributed by atoms with E-state index in [1.54, 1.807) is 13.0 Å². The molecule has 2 nitrogen and oxygen atoms in total. The van der Waals surface area contributed by atoms with Crippen LogP contribution in [0.1, 0.15) is 5.69 Å². The molecule has 0 fully saturated rings. The maximum absolute atomic E-state index is 13.5. The van der Waals surface area contributed by atoms with Gasteiger partial charge in [0, 0.05) is 17.3 Å². The van der Waals surface area contributed by atoms with Crippen molar-refractivity contribution in [3.05, 3.63) is 58.0 Å². The lowest BCUT2D eigenvalue weighted by molar-refractivity contribution is 0.511. The summed E-state index contributed by atoms with van der Waals surface area (Å²) in [4.78, 5) is 13.8. The molecular weight excluding hydrogens is 212 g/mol. The van der Waals surface area contributed by atoms with Crippen molar-refractivity contribution in [2.24, 2.45) is 0 Å². The van der Waals surface area contributed by atoms with Crippen LogP contribution >= 0.6 is 0 Å². The number of pyridine rings is 1. The van der Waals surface area contributed by atoms with Gasteiger partial charge in [-0.05, 0) is 24.6 Å². The summed E-state index contributed by atoms with van der Waals surface area (Å²) < 4.78 is 26.5. The molecule has 2 rings (SSSR count). The van der Waals surface area contributed by atoms with Crippen LogP contribution in [0, 0.1) is 18.6 Å². The van der Waals surface area contributed by atoms with E-state index in [1.165, 1.54) is 18.2 Å². The van der Waals surface area contributed by atoms with Crippen LogP contribution in [0.3, 0.4) is 0 Å². The molecule has 0 unspecified atom stereocenters. The number of aromatic nitrogens is 1. The minimum Gasteiger partial charge on any atom is -0.326 e. The predicted molar refractivity (Wildman–Crippen MR) is 57.2 cm³/mol. The van der Waals surface area contributed by atoms with Crippen molar-refractivity contribution in [2.45, 2.75) is 6.92 Å². The van der Waals surface area contributed by atoms with Crippen molar-refractivity contribution in [3.8, 4) is 11.1 Å². The van der Waals surface area contributed by atoms with Gasteiger partial charge in [0.2, 0.25) is 5.56 Å². The second-order valence-electron chi connectivity index (χ2n) is 3.52. The van der Waals surface area contributed by atoms with E-state index in [1.807, 2.05) is 0 Å². The molecule has 0 aliphatic rings. The Kier molecular flexibility index (Phi) is 2.56. The van der Waals surface area contributed by atoms with Gasteiger partial charge in [-0.1, -0.05) is 12.1 Å². The average Bonchev–Trinajstić information content (AvgIpc) is 2.20. The van der Waals surface area contributed by atoms with Crippen molar-refractivity contribution in [3.63, 3.8) is 0 Å². The molecule has 0 saturated carbocycles. The lowest BCUT2D eigenvalue weighted by atomic mass is 10.1. The minimum atomic E-state index is -0.938. The van der Waals surface area contributed by atoms with Crippen LogP contribution in [0.4, 0.5) is 8.78 Å². The van der Waals surface area contributed by atoms with Gasteiger partial charge in [-0.25, -0.2) is 8.78 Å². The van der Waals surface area contributed by atoms with Gasteiger partial charge in [0.15, 0.2) is 11.6 Å². The first-order chi connectivity index (χ1) is 7.58. The number of benzene rings is 1. The largest absolute Gasteiger partial charge is 0.326 e. The summed E-state index contributed by atoms with van der Waals surface area (Å²) in [7, 11) is 0. The monoisotopic (exact) mass is 221 g/mol. The summed E-state index contributed by atoms with van der Waals surface area (Å²) >= 11 is 0. The zero-order valence-electron chi connectivity index (χ0n) is 8.55. The fraction of sp³-hybridized carbons (Fsp3) is 0.0833. The molecule has 16 heavy (non-hydrogen) atoms. The highest BCUT2D eigenvalue weighted by Gasteiger charge is 2.10. The first-order valence-electron chi connectivity index (χ1n) is 4.73. The number of H-pyrrole nitrogens is 1. The quantitative estimate of drug-likeness (QED) is 0.788. The van der Waals surface area contributed by atoms with Crippen LogP contribution in [-0.4, -0.2) is 4.98 Å². The summed E-state index contributed by atoms with van der Waals surface area (Å²) in [6.45, 7) is 1.68. The third-order valence-electron chi connectivity index (χ3n) is 2.24. The molecule has 0 bridgehead atoms. The molecule has 4 heteroatoms. The highest BCUT2D eigenvalue weighted by atomic mass is 19.2. The fourth-order valence-electron chi connectivity index (χ4n) is 1.56. The molecule has 0 atom stereocenters. The summed E-state index contributed by atoms with van der Waals surface area (Å²) in [5.41, 5.74) is 0.734. The van der Waals surface area contributed by atoms with Crippen molar-refractivity contribution < 1.29 is 8.78 Å². The van der Waals surface area contributed by atoms with E-state index in [2.05, 4.69) is 4.98 Å². The van der Waals surface area contributed by atoms with E-state index in [-0.39, 0.29) is 11.1 Å². The van der Waals surface area contributed by atoms with E-state index >= 15 is 0 Å². The molecule has 1 aromatic heterocycles. The summed E-state index contributed by atoms with van der Waals surface area (Å²) in [5, 5.41) is 0. The lowest BCUT2D eigenvalue weighted by Crippen LogP contribution is -2.06.